The molecular weight excluding hydrogens is 283 g/mol. The molecule has 1 saturated heterocycles. The Balaban J connectivity index is 1.90. The molecule has 0 bridgehead atoms. The van der Waals surface area contributed by atoms with E-state index in [1.807, 2.05) is 4.90 Å². The fourth-order valence-electron chi connectivity index (χ4n) is 2.71. The van der Waals surface area contributed by atoms with Crippen molar-refractivity contribution in [1.29, 1.82) is 0 Å². The van der Waals surface area contributed by atoms with Crippen LogP contribution in [0.15, 0.2) is 24.3 Å². The molecule has 2 amide bonds. The minimum atomic E-state index is -0.323. The van der Waals surface area contributed by atoms with E-state index in [9.17, 15) is 14.0 Å². The first-order chi connectivity index (χ1) is 10.6. The highest BCUT2D eigenvalue weighted by molar-refractivity contribution is 5.78. The topological polar surface area (TPSA) is 40.6 Å². The molecule has 0 atom stereocenters. The monoisotopic (exact) mass is 306 g/mol. The van der Waals surface area contributed by atoms with Crippen molar-refractivity contribution in [3.8, 4) is 0 Å². The number of carbonyl (C=O) groups is 2. The van der Waals surface area contributed by atoms with Crippen molar-refractivity contribution >= 4 is 11.8 Å². The molecule has 1 fully saturated rings. The fourth-order valence-corrected chi connectivity index (χ4v) is 2.71. The van der Waals surface area contributed by atoms with Crippen LogP contribution in [-0.2, 0) is 16.1 Å². The van der Waals surface area contributed by atoms with Crippen molar-refractivity contribution in [2.24, 2.45) is 0 Å². The normalized spacial score (nSPS) is 14.7. The Bertz CT molecular complexity index is 527. The molecule has 0 unspecified atom stereocenters. The number of nitrogens with zero attached hydrogens (tertiary/aromatic N) is 2. The Labute approximate surface area is 130 Å². The summed E-state index contributed by atoms with van der Waals surface area (Å²) in [4.78, 5) is 27.3. The van der Waals surface area contributed by atoms with Gasteiger partial charge in [-0.3, -0.25) is 9.59 Å². The van der Waals surface area contributed by atoms with Gasteiger partial charge in [0.15, 0.2) is 0 Å². The summed E-state index contributed by atoms with van der Waals surface area (Å²) in [6, 6.07) is 6.41. The lowest BCUT2D eigenvalue weighted by molar-refractivity contribution is -0.134. The molecule has 0 N–H and O–H groups in total. The highest BCUT2D eigenvalue weighted by Crippen LogP contribution is 2.13. The van der Waals surface area contributed by atoms with Crippen molar-refractivity contribution in [1.82, 2.24) is 9.80 Å². The Morgan fingerprint density at radius 1 is 1.18 bits per heavy atom. The van der Waals surface area contributed by atoms with Crippen molar-refractivity contribution in [2.75, 3.05) is 19.6 Å². The van der Waals surface area contributed by atoms with E-state index in [0.717, 1.165) is 25.9 Å². The maximum atomic E-state index is 13.7. The molecule has 0 radical (unpaired) electrons. The van der Waals surface area contributed by atoms with Gasteiger partial charge in [0, 0.05) is 45.1 Å². The van der Waals surface area contributed by atoms with Gasteiger partial charge in [0.25, 0.3) is 0 Å². The lowest BCUT2D eigenvalue weighted by Gasteiger charge is -2.28. The highest BCUT2D eigenvalue weighted by Gasteiger charge is 2.19. The van der Waals surface area contributed by atoms with E-state index in [1.165, 1.54) is 24.3 Å². The molecular formula is C17H23FN2O2. The quantitative estimate of drug-likeness (QED) is 0.839. The van der Waals surface area contributed by atoms with Crippen LogP contribution in [-0.4, -0.2) is 41.2 Å². The smallest absolute Gasteiger partial charge is 0.224 e. The van der Waals surface area contributed by atoms with E-state index in [0.29, 0.717) is 18.5 Å². The second-order valence-corrected chi connectivity index (χ2v) is 5.72. The van der Waals surface area contributed by atoms with Crippen LogP contribution >= 0.6 is 0 Å². The van der Waals surface area contributed by atoms with E-state index in [4.69, 9.17) is 0 Å². The minimum absolute atomic E-state index is 0.0829. The third kappa shape index (κ3) is 4.55. The Morgan fingerprint density at radius 3 is 2.50 bits per heavy atom. The summed E-state index contributed by atoms with van der Waals surface area (Å²) in [5.74, 6) is -0.384. The van der Waals surface area contributed by atoms with Crippen LogP contribution in [0.3, 0.4) is 0 Å². The molecule has 4 nitrogen and oxygen atoms in total. The number of amides is 2. The fraction of sp³-hybridized carbons (Fsp3) is 0.529. The van der Waals surface area contributed by atoms with Gasteiger partial charge >= 0.3 is 0 Å². The first-order valence-electron chi connectivity index (χ1n) is 7.84. The molecule has 1 heterocycles. The predicted molar refractivity (Wildman–Crippen MR) is 82.5 cm³/mol. The van der Waals surface area contributed by atoms with Gasteiger partial charge in [0.05, 0.1) is 0 Å². The van der Waals surface area contributed by atoms with E-state index in [2.05, 4.69) is 0 Å². The molecule has 0 spiro atoms. The molecule has 1 aromatic rings. The number of benzene rings is 1. The number of hydrogen-bond acceptors (Lipinski definition) is 2. The van der Waals surface area contributed by atoms with Gasteiger partial charge in [-0.2, -0.15) is 0 Å². The van der Waals surface area contributed by atoms with Gasteiger partial charge in [0.2, 0.25) is 11.8 Å². The van der Waals surface area contributed by atoms with Gasteiger partial charge in [-0.25, -0.2) is 4.39 Å². The molecule has 1 aromatic carbocycles. The lowest BCUT2D eigenvalue weighted by atomic mass is 10.1. The van der Waals surface area contributed by atoms with Crippen molar-refractivity contribution in [2.45, 2.75) is 39.2 Å². The minimum Gasteiger partial charge on any atom is -0.343 e. The first-order valence-corrected chi connectivity index (χ1v) is 7.84. The number of halogens is 1. The largest absolute Gasteiger partial charge is 0.343 e. The number of carbonyl (C=O) groups excluding carboxylic acids is 2. The van der Waals surface area contributed by atoms with Crippen molar-refractivity contribution in [3.63, 3.8) is 0 Å². The van der Waals surface area contributed by atoms with Crippen LogP contribution in [0.25, 0.3) is 0 Å². The summed E-state index contributed by atoms with van der Waals surface area (Å²) in [5.41, 5.74) is 0.475. The third-order valence-corrected chi connectivity index (χ3v) is 4.07. The summed E-state index contributed by atoms with van der Waals surface area (Å²) < 4.78 is 13.7. The van der Waals surface area contributed by atoms with Crippen LogP contribution in [0.5, 0.6) is 0 Å². The molecule has 1 aliphatic heterocycles. The molecule has 5 heteroatoms. The SMILES string of the molecule is CC(=O)N(CCC(=O)N1CCCCC1)Cc1ccccc1F. The van der Waals surface area contributed by atoms with Crippen LogP contribution < -0.4 is 0 Å². The van der Waals surface area contributed by atoms with Gasteiger partial charge in [-0.05, 0) is 25.3 Å². The Morgan fingerprint density at radius 2 is 1.86 bits per heavy atom. The predicted octanol–water partition coefficient (Wildman–Crippen LogP) is 2.58. The number of piperidine rings is 1. The summed E-state index contributed by atoms with van der Waals surface area (Å²) in [6.45, 7) is 3.61. The molecule has 0 aromatic heterocycles. The molecule has 22 heavy (non-hydrogen) atoms. The van der Waals surface area contributed by atoms with Gasteiger partial charge in [0.1, 0.15) is 5.82 Å². The maximum Gasteiger partial charge on any atom is 0.224 e. The summed E-state index contributed by atoms with van der Waals surface area (Å²) in [6.07, 6.45) is 3.58. The van der Waals surface area contributed by atoms with Crippen molar-refractivity contribution in [3.05, 3.63) is 35.6 Å². The highest BCUT2D eigenvalue weighted by atomic mass is 19.1. The number of rotatable bonds is 5. The van der Waals surface area contributed by atoms with Crippen LogP contribution in [0.1, 0.15) is 38.2 Å². The van der Waals surface area contributed by atoms with E-state index in [-0.39, 0.29) is 24.2 Å². The zero-order valence-corrected chi connectivity index (χ0v) is 13.1. The summed E-state index contributed by atoms with van der Waals surface area (Å²) >= 11 is 0. The first kappa shape index (κ1) is 16.5. The Hall–Kier alpha value is -1.91. The molecule has 1 aliphatic rings. The second-order valence-electron chi connectivity index (χ2n) is 5.72. The summed E-state index contributed by atoms with van der Waals surface area (Å²) in [5, 5.41) is 0. The van der Waals surface area contributed by atoms with Crippen molar-refractivity contribution < 1.29 is 14.0 Å². The number of likely N-dealkylation sites (tertiary alicyclic amines) is 1. The van der Waals surface area contributed by atoms with E-state index < -0.39 is 0 Å². The van der Waals surface area contributed by atoms with Gasteiger partial charge < -0.3 is 9.80 Å². The second kappa shape index (κ2) is 7.92. The van der Waals surface area contributed by atoms with E-state index >= 15 is 0 Å². The van der Waals surface area contributed by atoms with E-state index in [1.54, 1.807) is 18.2 Å². The lowest BCUT2D eigenvalue weighted by Crippen LogP contribution is -2.38. The zero-order chi connectivity index (χ0) is 15.9. The van der Waals surface area contributed by atoms with Gasteiger partial charge in [-0.15, -0.1) is 0 Å². The average Bonchev–Trinajstić information content (AvgIpc) is 2.53. The maximum absolute atomic E-state index is 13.7. The van der Waals surface area contributed by atoms with Crippen LogP contribution in [0.4, 0.5) is 4.39 Å². The molecule has 120 valence electrons. The molecule has 0 aliphatic carbocycles. The van der Waals surface area contributed by atoms with Crippen LogP contribution in [0, 0.1) is 5.82 Å². The molecule has 2 rings (SSSR count). The average molecular weight is 306 g/mol. The Kier molecular flexibility index (Phi) is 5.92. The zero-order valence-electron chi connectivity index (χ0n) is 13.1. The summed E-state index contributed by atoms with van der Waals surface area (Å²) in [7, 11) is 0. The van der Waals surface area contributed by atoms with Crippen LogP contribution in [0.2, 0.25) is 0 Å². The number of hydrogen-bond donors (Lipinski definition) is 0. The molecule has 0 saturated carbocycles. The van der Waals surface area contributed by atoms with Gasteiger partial charge in [-0.1, -0.05) is 18.2 Å². The standard InChI is InChI=1S/C17H23FN2O2/c1-14(21)20(13-15-7-3-4-8-16(15)18)12-9-17(22)19-10-5-2-6-11-19/h3-4,7-8H,2,5-6,9-13H2,1H3. The third-order valence-electron chi connectivity index (χ3n) is 4.07.